The number of amides is 1. The maximum Gasteiger partial charge on any atom is 0.410 e. The number of ether oxygens (including phenoxy) is 1. The lowest BCUT2D eigenvalue weighted by molar-refractivity contribution is 0.0240. The molecule has 0 unspecified atom stereocenters. The van der Waals surface area contributed by atoms with Crippen molar-refractivity contribution in [1.82, 2.24) is 15.2 Å². The molecule has 8 heteroatoms. The summed E-state index contributed by atoms with van der Waals surface area (Å²) in [6, 6.07) is 3.70. The van der Waals surface area contributed by atoms with Crippen LogP contribution in [0.25, 0.3) is 11.0 Å². The lowest BCUT2D eigenvalue weighted by atomic mass is 10.2. The molecule has 0 atom stereocenters. The summed E-state index contributed by atoms with van der Waals surface area (Å²) in [7, 11) is 0. The number of carbonyl (C=O) groups excluding carboxylic acids is 1. The van der Waals surface area contributed by atoms with Crippen molar-refractivity contribution in [1.29, 1.82) is 0 Å². The third-order valence-corrected chi connectivity index (χ3v) is 3.70. The largest absolute Gasteiger partial charge is 0.444 e. The molecule has 8 nitrogen and oxygen atoms in total. The molecule has 2 aromatic rings. The summed E-state index contributed by atoms with van der Waals surface area (Å²) >= 11 is 0. The van der Waals surface area contributed by atoms with E-state index in [4.69, 9.17) is 15.1 Å². The minimum absolute atomic E-state index is 0.275. The number of anilines is 2. The van der Waals surface area contributed by atoms with Crippen molar-refractivity contribution < 1.29 is 14.2 Å². The number of nitrogens with zero attached hydrogens (tertiary/aromatic N) is 4. The lowest BCUT2D eigenvalue weighted by Crippen LogP contribution is -2.50. The molecule has 1 amide bonds. The second-order valence-electron chi connectivity index (χ2n) is 6.59. The number of hydrogen-bond donors (Lipinski definition) is 1. The normalized spacial score (nSPS) is 16.0. The third-order valence-electron chi connectivity index (χ3n) is 3.70. The van der Waals surface area contributed by atoms with Gasteiger partial charge in [0.1, 0.15) is 5.60 Å². The zero-order valence-electron chi connectivity index (χ0n) is 13.6. The second kappa shape index (κ2) is 5.60. The summed E-state index contributed by atoms with van der Waals surface area (Å²) in [4.78, 5) is 16.0. The molecule has 0 bridgehead atoms. The van der Waals surface area contributed by atoms with E-state index in [-0.39, 0.29) is 6.09 Å². The molecule has 1 saturated heterocycles. The van der Waals surface area contributed by atoms with E-state index >= 15 is 0 Å². The Morgan fingerprint density at radius 1 is 1.17 bits per heavy atom. The Morgan fingerprint density at radius 3 is 2.48 bits per heavy atom. The van der Waals surface area contributed by atoms with Gasteiger partial charge in [0.05, 0.1) is 11.4 Å². The van der Waals surface area contributed by atoms with Crippen molar-refractivity contribution in [2.24, 2.45) is 0 Å². The van der Waals surface area contributed by atoms with E-state index in [1.807, 2.05) is 26.8 Å². The third kappa shape index (κ3) is 3.15. The molecule has 0 aliphatic carbocycles. The van der Waals surface area contributed by atoms with Gasteiger partial charge < -0.3 is 20.3 Å². The van der Waals surface area contributed by atoms with E-state index in [0.29, 0.717) is 42.9 Å². The second-order valence-corrected chi connectivity index (χ2v) is 6.59. The highest BCUT2D eigenvalue weighted by molar-refractivity contribution is 5.95. The van der Waals surface area contributed by atoms with Crippen LogP contribution in [-0.2, 0) is 4.74 Å². The molecule has 0 saturated carbocycles. The molecule has 1 fully saturated rings. The van der Waals surface area contributed by atoms with Gasteiger partial charge in [-0.05, 0) is 43.2 Å². The smallest absolute Gasteiger partial charge is 0.410 e. The van der Waals surface area contributed by atoms with E-state index in [1.165, 1.54) is 0 Å². The fourth-order valence-corrected chi connectivity index (χ4v) is 2.58. The van der Waals surface area contributed by atoms with Crippen LogP contribution >= 0.6 is 0 Å². The highest BCUT2D eigenvalue weighted by Crippen LogP contribution is 2.29. The molecular formula is C15H21N5O3. The van der Waals surface area contributed by atoms with Crippen LogP contribution < -0.4 is 10.6 Å². The first-order chi connectivity index (χ1) is 10.8. The molecule has 1 aliphatic heterocycles. The molecule has 124 valence electrons. The summed E-state index contributed by atoms with van der Waals surface area (Å²) < 4.78 is 10.2. The minimum Gasteiger partial charge on any atom is -0.444 e. The molecule has 1 aliphatic rings. The zero-order chi connectivity index (χ0) is 16.6. The Labute approximate surface area is 134 Å². The molecule has 0 radical (unpaired) electrons. The molecule has 1 aromatic heterocycles. The average molecular weight is 319 g/mol. The highest BCUT2D eigenvalue weighted by Gasteiger charge is 2.27. The van der Waals surface area contributed by atoms with Crippen molar-refractivity contribution in [3.63, 3.8) is 0 Å². The maximum atomic E-state index is 12.1. The maximum absolute atomic E-state index is 12.1. The van der Waals surface area contributed by atoms with Crippen LogP contribution in [0.5, 0.6) is 0 Å². The molecule has 2 N–H and O–H groups in total. The first-order valence-corrected chi connectivity index (χ1v) is 7.59. The van der Waals surface area contributed by atoms with Crippen LogP contribution in [-0.4, -0.2) is 53.1 Å². The minimum atomic E-state index is -0.482. The van der Waals surface area contributed by atoms with Crippen LogP contribution in [0.1, 0.15) is 20.8 Å². The fourth-order valence-electron chi connectivity index (χ4n) is 2.58. The Kier molecular flexibility index (Phi) is 3.75. The number of hydrogen-bond acceptors (Lipinski definition) is 7. The number of nitrogens with two attached hydrogens (primary N) is 1. The number of rotatable bonds is 1. The van der Waals surface area contributed by atoms with Gasteiger partial charge in [0.2, 0.25) is 0 Å². The SMILES string of the molecule is CC(C)(C)OC(=O)N1CCN(c2ccc(N)c3nonc23)CC1. The predicted octanol–water partition coefficient (Wildman–Crippen LogP) is 1.86. The van der Waals surface area contributed by atoms with E-state index in [2.05, 4.69) is 15.2 Å². The number of carbonyl (C=O) groups is 1. The van der Waals surface area contributed by atoms with Crippen molar-refractivity contribution in [3.8, 4) is 0 Å². The molecule has 3 rings (SSSR count). The number of nitrogen functional groups attached to an aromatic ring is 1. The van der Waals surface area contributed by atoms with E-state index in [1.54, 1.807) is 11.0 Å². The summed E-state index contributed by atoms with van der Waals surface area (Å²) in [6.07, 6.45) is -0.275. The first kappa shape index (κ1) is 15.4. The highest BCUT2D eigenvalue weighted by atomic mass is 16.6. The first-order valence-electron chi connectivity index (χ1n) is 7.59. The molecule has 2 heterocycles. The van der Waals surface area contributed by atoms with Crippen LogP contribution in [0.3, 0.4) is 0 Å². The Balaban J connectivity index is 1.70. The fraction of sp³-hybridized carbons (Fsp3) is 0.533. The van der Waals surface area contributed by atoms with Crippen LogP contribution in [0.4, 0.5) is 16.2 Å². The molecule has 23 heavy (non-hydrogen) atoms. The summed E-state index contributed by atoms with van der Waals surface area (Å²) in [6.45, 7) is 8.14. The van der Waals surface area contributed by atoms with E-state index < -0.39 is 5.60 Å². The number of benzene rings is 1. The quantitative estimate of drug-likeness (QED) is 0.801. The van der Waals surface area contributed by atoms with Crippen LogP contribution in [0, 0.1) is 0 Å². The summed E-state index contributed by atoms with van der Waals surface area (Å²) in [5.41, 5.74) is 8.06. The van der Waals surface area contributed by atoms with Gasteiger partial charge in [-0.3, -0.25) is 0 Å². The monoisotopic (exact) mass is 319 g/mol. The molecular weight excluding hydrogens is 298 g/mol. The Morgan fingerprint density at radius 2 is 1.83 bits per heavy atom. The molecule has 0 spiro atoms. The van der Waals surface area contributed by atoms with Crippen molar-refractivity contribution in [2.75, 3.05) is 36.8 Å². The number of aromatic nitrogens is 2. The van der Waals surface area contributed by atoms with Crippen molar-refractivity contribution in [3.05, 3.63) is 12.1 Å². The lowest BCUT2D eigenvalue weighted by Gasteiger charge is -2.36. The van der Waals surface area contributed by atoms with Crippen molar-refractivity contribution >= 4 is 28.5 Å². The topological polar surface area (TPSA) is 97.7 Å². The standard InChI is InChI=1S/C15H21N5O3/c1-15(2,3)22-14(21)20-8-6-19(7-9-20)11-5-4-10(16)12-13(11)18-23-17-12/h4-5H,6-9,16H2,1-3H3. The average Bonchev–Trinajstić information content (AvgIpc) is 2.96. The number of piperazine rings is 1. The Bertz CT molecular complexity index is 713. The van der Waals surface area contributed by atoms with Crippen LogP contribution in [0.15, 0.2) is 16.8 Å². The van der Waals surface area contributed by atoms with Gasteiger partial charge in [0.15, 0.2) is 11.0 Å². The van der Waals surface area contributed by atoms with Gasteiger partial charge in [-0.15, -0.1) is 0 Å². The van der Waals surface area contributed by atoms with Gasteiger partial charge in [-0.2, -0.15) is 0 Å². The van der Waals surface area contributed by atoms with Crippen molar-refractivity contribution in [2.45, 2.75) is 26.4 Å². The van der Waals surface area contributed by atoms with Gasteiger partial charge in [0, 0.05) is 26.2 Å². The van der Waals surface area contributed by atoms with Gasteiger partial charge in [-0.25, -0.2) is 9.42 Å². The summed E-state index contributed by atoms with van der Waals surface area (Å²) in [5.74, 6) is 0. The number of fused-ring (bicyclic) bond motifs is 1. The zero-order valence-corrected chi connectivity index (χ0v) is 13.6. The van der Waals surface area contributed by atoms with E-state index in [0.717, 1.165) is 5.69 Å². The van der Waals surface area contributed by atoms with Gasteiger partial charge in [0.25, 0.3) is 0 Å². The van der Waals surface area contributed by atoms with Gasteiger partial charge in [-0.1, -0.05) is 0 Å². The Hall–Kier alpha value is -2.51. The van der Waals surface area contributed by atoms with Crippen LogP contribution in [0.2, 0.25) is 0 Å². The van der Waals surface area contributed by atoms with Gasteiger partial charge >= 0.3 is 6.09 Å². The molecule has 1 aromatic carbocycles. The predicted molar refractivity (Wildman–Crippen MR) is 86.2 cm³/mol. The summed E-state index contributed by atoms with van der Waals surface area (Å²) in [5, 5.41) is 7.78. The van der Waals surface area contributed by atoms with E-state index in [9.17, 15) is 4.79 Å².